The Hall–Kier alpha value is -1.55. The fourth-order valence-corrected chi connectivity index (χ4v) is 3.84. The van der Waals surface area contributed by atoms with Crippen molar-refractivity contribution in [2.45, 2.75) is 43.4 Å². The van der Waals surface area contributed by atoms with Gasteiger partial charge in [0.2, 0.25) is 15.9 Å². The maximum Gasteiger partial charge on any atom is 0.354 e. The Morgan fingerprint density at radius 3 is 2.59 bits per heavy atom. The Bertz CT molecular complexity index is 662. The first-order valence-electron chi connectivity index (χ1n) is 6.72. The van der Waals surface area contributed by atoms with Gasteiger partial charge in [0.1, 0.15) is 11.5 Å². The normalized spacial score (nSPS) is 19.2. The molecule has 0 atom stereocenters. The van der Waals surface area contributed by atoms with Crippen LogP contribution in [0.4, 0.5) is 8.78 Å². The van der Waals surface area contributed by atoms with Gasteiger partial charge in [-0.2, -0.15) is 0 Å². The summed E-state index contributed by atoms with van der Waals surface area (Å²) in [5.74, 6) is -3.72. The van der Waals surface area contributed by atoms with Gasteiger partial charge in [-0.15, -0.1) is 0 Å². The molecule has 1 aromatic rings. The number of hydrogen-bond donors (Lipinski definition) is 2. The molecule has 22 heavy (non-hydrogen) atoms. The second-order valence-corrected chi connectivity index (χ2v) is 7.39. The smallest absolute Gasteiger partial charge is 0.354 e. The number of carbonyl (C=O) groups is 1. The number of aromatic nitrogens is 2. The van der Waals surface area contributed by atoms with Crippen LogP contribution in [0.1, 0.15) is 42.0 Å². The summed E-state index contributed by atoms with van der Waals surface area (Å²) >= 11 is 0. The van der Waals surface area contributed by atoms with Crippen LogP contribution in [0, 0.1) is 0 Å². The molecule has 0 bridgehead atoms. The first-order chi connectivity index (χ1) is 10.1. The summed E-state index contributed by atoms with van der Waals surface area (Å²) in [4.78, 5) is 14.7. The quantitative estimate of drug-likeness (QED) is 0.838. The van der Waals surface area contributed by atoms with Gasteiger partial charge in [0.25, 0.3) is 0 Å². The van der Waals surface area contributed by atoms with Gasteiger partial charge >= 0.3 is 5.97 Å². The van der Waals surface area contributed by atoms with Crippen LogP contribution in [-0.2, 0) is 23.6 Å². The highest BCUT2D eigenvalue weighted by molar-refractivity contribution is 7.90. The Labute approximate surface area is 126 Å². The van der Waals surface area contributed by atoms with Crippen molar-refractivity contribution in [1.29, 1.82) is 0 Å². The topological polar surface area (TPSA) is 101 Å². The standard InChI is InChI=1S/C12H17F2N3O4S/c1-17-9(11(18)19)6-15-10(17)7-16-22(20,21)8-2-4-12(13,14)5-3-8/h6,8,16H,2-5,7H2,1H3,(H,18,19). The van der Waals surface area contributed by atoms with E-state index in [1.165, 1.54) is 11.6 Å². The van der Waals surface area contributed by atoms with Gasteiger partial charge in [0, 0.05) is 19.9 Å². The molecule has 1 saturated carbocycles. The zero-order valence-corrected chi connectivity index (χ0v) is 12.7. The molecule has 2 rings (SSSR count). The van der Waals surface area contributed by atoms with Crippen molar-refractivity contribution in [3.8, 4) is 0 Å². The van der Waals surface area contributed by atoms with Crippen LogP contribution in [0.25, 0.3) is 0 Å². The summed E-state index contributed by atoms with van der Waals surface area (Å²) in [5.41, 5.74) is -0.0634. The second kappa shape index (κ2) is 5.92. The van der Waals surface area contributed by atoms with E-state index in [4.69, 9.17) is 5.11 Å². The number of nitrogens with one attached hydrogen (secondary N) is 1. The number of alkyl halides is 2. The van der Waals surface area contributed by atoms with Crippen LogP contribution in [0.5, 0.6) is 0 Å². The molecule has 1 heterocycles. The highest BCUT2D eigenvalue weighted by Crippen LogP contribution is 2.35. The molecule has 0 saturated heterocycles. The minimum absolute atomic E-state index is 0.0634. The van der Waals surface area contributed by atoms with E-state index in [1.807, 2.05) is 0 Å². The molecular formula is C12H17F2N3O4S. The predicted molar refractivity (Wildman–Crippen MR) is 73.1 cm³/mol. The molecule has 1 aliphatic carbocycles. The monoisotopic (exact) mass is 337 g/mol. The summed E-state index contributed by atoms with van der Waals surface area (Å²) < 4.78 is 53.9. The maximum absolute atomic E-state index is 13.1. The number of hydrogen-bond acceptors (Lipinski definition) is 4. The molecule has 0 amide bonds. The van der Waals surface area contributed by atoms with E-state index in [2.05, 4.69) is 9.71 Å². The summed E-state index contributed by atoms with van der Waals surface area (Å²) in [6.07, 6.45) is 0.0635. The average Bonchev–Trinajstić information content (AvgIpc) is 2.77. The Balaban J connectivity index is 2.00. The number of aromatic carboxylic acids is 1. The second-order valence-electron chi connectivity index (χ2n) is 5.35. The molecule has 10 heteroatoms. The van der Waals surface area contributed by atoms with Crippen LogP contribution in [-0.4, -0.2) is 40.2 Å². The zero-order valence-electron chi connectivity index (χ0n) is 11.9. The van der Waals surface area contributed by atoms with E-state index in [9.17, 15) is 22.0 Å². The Kier molecular flexibility index (Phi) is 4.52. The number of carboxylic acid groups (broad SMARTS) is 1. The fourth-order valence-electron chi connectivity index (χ4n) is 2.42. The molecule has 7 nitrogen and oxygen atoms in total. The summed E-state index contributed by atoms with van der Waals surface area (Å²) in [6, 6.07) is 0. The first-order valence-corrected chi connectivity index (χ1v) is 8.27. The predicted octanol–water partition coefficient (Wildman–Crippen LogP) is 1.12. The number of rotatable bonds is 5. The number of nitrogens with zero attached hydrogens (tertiary/aromatic N) is 2. The lowest BCUT2D eigenvalue weighted by Gasteiger charge is -2.27. The van der Waals surface area contributed by atoms with Crippen LogP contribution in [0.3, 0.4) is 0 Å². The van der Waals surface area contributed by atoms with E-state index in [-0.39, 0.29) is 30.9 Å². The zero-order chi connectivity index (χ0) is 16.5. The van der Waals surface area contributed by atoms with Crippen molar-refractivity contribution in [2.24, 2.45) is 7.05 Å². The van der Waals surface area contributed by atoms with E-state index < -0.39 is 40.0 Å². The fraction of sp³-hybridized carbons (Fsp3) is 0.667. The third-order valence-corrected chi connectivity index (χ3v) is 5.73. The summed E-state index contributed by atoms with van der Waals surface area (Å²) in [6.45, 7) is -0.182. The molecule has 1 fully saturated rings. The Morgan fingerprint density at radius 1 is 1.50 bits per heavy atom. The molecule has 0 aromatic carbocycles. The van der Waals surface area contributed by atoms with Crippen molar-refractivity contribution in [2.75, 3.05) is 0 Å². The van der Waals surface area contributed by atoms with Crippen molar-refractivity contribution >= 4 is 16.0 Å². The van der Waals surface area contributed by atoms with E-state index in [1.54, 1.807) is 0 Å². The third kappa shape index (κ3) is 3.61. The number of sulfonamides is 1. The van der Waals surface area contributed by atoms with Gasteiger partial charge in [0.05, 0.1) is 18.0 Å². The first kappa shape index (κ1) is 16.8. The highest BCUT2D eigenvalue weighted by Gasteiger charge is 2.39. The molecular weight excluding hydrogens is 320 g/mol. The number of imidazole rings is 1. The molecule has 124 valence electrons. The van der Waals surface area contributed by atoms with Gasteiger partial charge in [-0.25, -0.2) is 31.7 Å². The van der Waals surface area contributed by atoms with Gasteiger partial charge < -0.3 is 9.67 Å². The molecule has 1 aliphatic rings. The molecule has 1 aromatic heterocycles. The molecule has 0 spiro atoms. The van der Waals surface area contributed by atoms with Crippen LogP contribution >= 0.6 is 0 Å². The lowest BCUT2D eigenvalue weighted by atomic mass is 9.96. The minimum Gasteiger partial charge on any atom is -0.477 e. The maximum atomic E-state index is 13.1. The molecule has 0 unspecified atom stereocenters. The summed E-state index contributed by atoms with van der Waals surface area (Å²) in [5, 5.41) is 8.03. The third-order valence-electron chi connectivity index (χ3n) is 3.84. The van der Waals surface area contributed by atoms with E-state index in [0.29, 0.717) is 0 Å². The molecule has 0 radical (unpaired) electrons. The largest absolute Gasteiger partial charge is 0.477 e. The van der Waals surface area contributed by atoms with Gasteiger partial charge in [-0.05, 0) is 12.8 Å². The SMILES string of the molecule is Cn1c(C(=O)O)cnc1CNS(=O)(=O)C1CCC(F)(F)CC1. The van der Waals surface area contributed by atoms with Crippen molar-refractivity contribution in [1.82, 2.24) is 14.3 Å². The molecule has 2 N–H and O–H groups in total. The van der Waals surface area contributed by atoms with Crippen molar-refractivity contribution in [3.05, 3.63) is 17.7 Å². The van der Waals surface area contributed by atoms with Crippen LogP contribution in [0.15, 0.2) is 6.20 Å². The van der Waals surface area contributed by atoms with Crippen molar-refractivity contribution < 1.29 is 27.1 Å². The van der Waals surface area contributed by atoms with Gasteiger partial charge in [0.15, 0.2) is 0 Å². The van der Waals surface area contributed by atoms with Gasteiger partial charge in [-0.1, -0.05) is 0 Å². The van der Waals surface area contributed by atoms with E-state index >= 15 is 0 Å². The highest BCUT2D eigenvalue weighted by atomic mass is 32.2. The van der Waals surface area contributed by atoms with Crippen LogP contribution in [0.2, 0.25) is 0 Å². The molecule has 0 aliphatic heterocycles. The van der Waals surface area contributed by atoms with E-state index in [0.717, 1.165) is 6.20 Å². The lowest BCUT2D eigenvalue weighted by molar-refractivity contribution is -0.0329. The van der Waals surface area contributed by atoms with Gasteiger partial charge in [-0.3, -0.25) is 0 Å². The van der Waals surface area contributed by atoms with Crippen molar-refractivity contribution in [3.63, 3.8) is 0 Å². The summed E-state index contributed by atoms with van der Waals surface area (Å²) in [7, 11) is -2.28. The van der Waals surface area contributed by atoms with Crippen LogP contribution < -0.4 is 4.72 Å². The minimum atomic E-state index is -3.74. The Morgan fingerprint density at radius 2 is 2.09 bits per heavy atom. The average molecular weight is 337 g/mol. The lowest BCUT2D eigenvalue weighted by Crippen LogP contribution is -2.39. The number of halogens is 2. The number of carboxylic acids is 1.